The molecule has 0 spiro atoms. The SMILES string of the molecule is CCOCc1c(C)c2c(c(C)c1O)CC(C)(C)O2. The number of benzene rings is 1. The van der Waals surface area contributed by atoms with Crippen molar-refractivity contribution >= 4 is 0 Å². The summed E-state index contributed by atoms with van der Waals surface area (Å²) in [4.78, 5) is 0. The summed E-state index contributed by atoms with van der Waals surface area (Å²) in [6.07, 6.45) is 0.845. The topological polar surface area (TPSA) is 38.7 Å². The molecule has 3 nitrogen and oxygen atoms in total. The third-order valence-corrected chi connectivity index (χ3v) is 3.59. The van der Waals surface area contributed by atoms with Crippen molar-refractivity contribution < 1.29 is 14.6 Å². The second-order valence-electron chi connectivity index (χ2n) is 5.56. The van der Waals surface area contributed by atoms with E-state index < -0.39 is 0 Å². The average molecular weight is 250 g/mol. The van der Waals surface area contributed by atoms with E-state index in [4.69, 9.17) is 9.47 Å². The molecule has 0 aromatic heterocycles. The van der Waals surface area contributed by atoms with Gasteiger partial charge < -0.3 is 14.6 Å². The number of hydrogen-bond donors (Lipinski definition) is 1. The quantitative estimate of drug-likeness (QED) is 0.895. The minimum atomic E-state index is -0.186. The van der Waals surface area contributed by atoms with Gasteiger partial charge in [0.25, 0.3) is 0 Å². The fraction of sp³-hybridized carbons (Fsp3) is 0.600. The Morgan fingerprint density at radius 2 is 1.94 bits per heavy atom. The van der Waals surface area contributed by atoms with E-state index in [1.165, 1.54) is 0 Å². The Bertz CT molecular complexity index is 475. The first-order valence-electron chi connectivity index (χ1n) is 6.48. The summed E-state index contributed by atoms with van der Waals surface area (Å²) < 4.78 is 11.4. The lowest BCUT2D eigenvalue weighted by Crippen LogP contribution is -2.24. The smallest absolute Gasteiger partial charge is 0.127 e. The molecule has 0 atom stereocenters. The Kier molecular flexibility index (Phi) is 3.28. The molecule has 0 bridgehead atoms. The van der Waals surface area contributed by atoms with Gasteiger partial charge in [0.05, 0.1) is 6.61 Å². The first kappa shape index (κ1) is 13.2. The standard InChI is InChI=1S/C15H22O3/c1-6-17-8-12-10(3)14-11(9(2)13(12)16)7-15(4,5)18-14/h16H,6-8H2,1-5H3. The Hall–Kier alpha value is -1.22. The van der Waals surface area contributed by atoms with Gasteiger partial charge in [0, 0.05) is 29.7 Å². The van der Waals surface area contributed by atoms with E-state index in [1.54, 1.807) is 0 Å². The lowest BCUT2D eigenvalue weighted by molar-refractivity contribution is 0.127. The van der Waals surface area contributed by atoms with Gasteiger partial charge in [-0.1, -0.05) is 0 Å². The summed E-state index contributed by atoms with van der Waals surface area (Å²) in [5, 5.41) is 10.3. The van der Waals surface area contributed by atoms with Crippen LogP contribution in [-0.2, 0) is 17.8 Å². The third-order valence-electron chi connectivity index (χ3n) is 3.59. The minimum Gasteiger partial charge on any atom is -0.507 e. The zero-order valence-electron chi connectivity index (χ0n) is 11.9. The van der Waals surface area contributed by atoms with E-state index in [0.717, 1.165) is 34.4 Å². The Labute approximate surface area is 109 Å². The number of aromatic hydroxyl groups is 1. The zero-order chi connectivity index (χ0) is 13.5. The molecule has 1 heterocycles. The summed E-state index contributed by atoms with van der Waals surface area (Å²) in [5.41, 5.74) is 3.73. The molecule has 2 rings (SSSR count). The maximum Gasteiger partial charge on any atom is 0.127 e. The molecule has 3 heteroatoms. The number of fused-ring (bicyclic) bond motifs is 1. The molecule has 0 saturated heterocycles. The predicted molar refractivity (Wildman–Crippen MR) is 71.3 cm³/mol. The van der Waals surface area contributed by atoms with Crippen molar-refractivity contribution in [1.29, 1.82) is 0 Å². The van der Waals surface area contributed by atoms with Gasteiger partial charge in [0.15, 0.2) is 0 Å². The van der Waals surface area contributed by atoms with Crippen LogP contribution in [0.4, 0.5) is 0 Å². The Morgan fingerprint density at radius 1 is 1.28 bits per heavy atom. The molecule has 1 N–H and O–H groups in total. The van der Waals surface area contributed by atoms with Crippen LogP contribution in [0.1, 0.15) is 43.0 Å². The van der Waals surface area contributed by atoms with Gasteiger partial charge in [-0.2, -0.15) is 0 Å². The van der Waals surface area contributed by atoms with Crippen molar-refractivity contribution in [2.24, 2.45) is 0 Å². The van der Waals surface area contributed by atoms with E-state index >= 15 is 0 Å². The van der Waals surface area contributed by atoms with E-state index in [1.807, 2.05) is 20.8 Å². The number of phenolic OH excluding ortho intramolecular Hbond substituents is 1. The molecule has 1 aromatic rings. The van der Waals surface area contributed by atoms with Crippen molar-refractivity contribution in [3.05, 3.63) is 22.3 Å². The van der Waals surface area contributed by atoms with Crippen LogP contribution >= 0.6 is 0 Å². The predicted octanol–water partition coefficient (Wildman–Crippen LogP) is 3.26. The number of ether oxygens (including phenoxy) is 2. The molecule has 0 amide bonds. The molecular formula is C15H22O3. The molecule has 1 aliphatic heterocycles. The highest BCUT2D eigenvalue weighted by atomic mass is 16.5. The maximum atomic E-state index is 10.3. The lowest BCUT2D eigenvalue weighted by Gasteiger charge is -2.18. The van der Waals surface area contributed by atoms with Crippen molar-refractivity contribution in [3.63, 3.8) is 0 Å². The molecule has 0 radical (unpaired) electrons. The highest BCUT2D eigenvalue weighted by molar-refractivity contribution is 5.59. The van der Waals surface area contributed by atoms with Gasteiger partial charge in [-0.3, -0.25) is 0 Å². The van der Waals surface area contributed by atoms with E-state index in [2.05, 4.69) is 13.8 Å². The van der Waals surface area contributed by atoms with E-state index in [0.29, 0.717) is 19.0 Å². The van der Waals surface area contributed by atoms with Crippen molar-refractivity contribution in [2.75, 3.05) is 6.61 Å². The summed E-state index contributed by atoms with van der Waals surface area (Å²) >= 11 is 0. The monoisotopic (exact) mass is 250 g/mol. The number of phenols is 1. The maximum absolute atomic E-state index is 10.3. The van der Waals surface area contributed by atoms with Crippen LogP contribution < -0.4 is 4.74 Å². The van der Waals surface area contributed by atoms with Gasteiger partial charge in [-0.25, -0.2) is 0 Å². The molecule has 1 aliphatic rings. The molecule has 18 heavy (non-hydrogen) atoms. The third kappa shape index (κ3) is 2.07. The van der Waals surface area contributed by atoms with Crippen LogP contribution in [0.25, 0.3) is 0 Å². The van der Waals surface area contributed by atoms with Crippen LogP contribution in [0.15, 0.2) is 0 Å². The van der Waals surface area contributed by atoms with Crippen LogP contribution in [0.3, 0.4) is 0 Å². The number of rotatable bonds is 3. The van der Waals surface area contributed by atoms with Crippen molar-refractivity contribution in [1.82, 2.24) is 0 Å². The van der Waals surface area contributed by atoms with Crippen LogP contribution in [0.2, 0.25) is 0 Å². The second kappa shape index (κ2) is 4.47. The largest absolute Gasteiger partial charge is 0.507 e. The average Bonchev–Trinajstić information content (AvgIpc) is 2.63. The first-order valence-corrected chi connectivity index (χ1v) is 6.48. The van der Waals surface area contributed by atoms with Crippen molar-refractivity contribution in [2.45, 2.75) is 53.2 Å². The van der Waals surface area contributed by atoms with Gasteiger partial charge in [-0.05, 0) is 40.2 Å². The Balaban J connectivity index is 2.51. The van der Waals surface area contributed by atoms with Gasteiger partial charge in [-0.15, -0.1) is 0 Å². The van der Waals surface area contributed by atoms with Crippen LogP contribution in [-0.4, -0.2) is 17.3 Å². The van der Waals surface area contributed by atoms with Crippen LogP contribution in [0.5, 0.6) is 11.5 Å². The summed E-state index contributed by atoms with van der Waals surface area (Å²) in [6, 6.07) is 0. The Morgan fingerprint density at radius 3 is 2.56 bits per heavy atom. The van der Waals surface area contributed by atoms with Crippen molar-refractivity contribution in [3.8, 4) is 11.5 Å². The van der Waals surface area contributed by atoms with E-state index in [9.17, 15) is 5.11 Å². The minimum absolute atomic E-state index is 0.186. The molecular weight excluding hydrogens is 228 g/mol. The van der Waals surface area contributed by atoms with Crippen LogP contribution in [0, 0.1) is 13.8 Å². The fourth-order valence-corrected chi connectivity index (χ4v) is 2.55. The first-order chi connectivity index (χ1) is 8.37. The lowest BCUT2D eigenvalue weighted by atomic mass is 9.93. The molecule has 0 saturated carbocycles. The van der Waals surface area contributed by atoms with Gasteiger partial charge in [0.1, 0.15) is 17.1 Å². The summed E-state index contributed by atoms with van der Waals surface area (Å²) in [7, 11) is 0. The molecule has 100 valence electrons. The van der Waals surface area contributed by atoms with Gasteiger partial charge >= 0.3 is 0 Å². The molecule has 1 aromatic carbocycles. The second-order valence-corrected chi connectivity index (χ2v) is 5.56. The van der Waals surface area contributed by atoms with Gasteiger partial charge in [0.2, 0.25) is 0 Å². The molecule has 0 unspecified atom stereocenters. The summed E-state index contributed by atoms with van der Waals surface area (Å²) in [6.45, 7) is 11.1. The molecule has 0 fully saturated rings. The normalized spacial score (nSPS) is 16.5. The summed E-state index contributed by atoms with van der Waals surface area (Å²) in [5.74, 6) is 1.30. The highest BCUT2D eigenvalue weighted by Crippen LogP contribution is 2.45. The highest BCUT2D eigenvalue weighted by Gasteiger charge is 2.34. The molecule has 0 aliphatic carbocycles. The number of hydrogen-bond acceptors (Lipinski definition) is 3. The fourth-order valence-electron chi connectivity index (χ4n) is 2.55. The zero-order valence-corrected chi connectivity index (χ0v) is 11.9. The van der Waals surface area contributed by atoms with E-state index in [-0.39, 0.29) is 5.60 Å².